The molecule has 1 aromatic heterocycles. The zero-order chi connectivity index (χ0) is 14.7. The summed E-state index contributed by atoms with van der Waals surface area (Å²) in [6.07, 6.45) is 0.896. The molecule has 3 nitrogen and oxygen atoms in total. The molecule has 0 amide bonds. The third kappa shape index (κ3) is 3.16. The molecule has 2 aromatic rings. The van der Waals surface area contributed by atoms with E-state index in [1.54, 1.807) is 12.1 Å². The number of benzene rings is 1. The van der Waals surface area contributed by atoms with Gasteiger partial charge in [0.05, 0.1) is 6.61 Å². The van der Waals surface area contributed by atoms with Crippen LogP contribution in [-0.2, 0) is 11.3 Å². The molecule has 2 rings (SSSR count). The summed E-state index contributed by atoms with van der Waals surface area (Å²) in [5.74, 6) is -0.910. The summed E-state index contributed by atoms with van der Waals surface area (Å²) in [6.45, 7) is 4.86. The third-order valence-electron chi connectivity index (χ3n) is 3.04. The molecule has 1 heterocycles. The highest BCUT2D eigenvalue weighted by molar-refractivity contribution is 7.21. The molecule has 20 heavy (non-hydrogen) atoms. The van der Waals surface area contributed by atoms with E-state index in [1.807, 2.05) is 0 Å². The van der Waals surface area contributed by atoms with Crippen LogP contribution in [0.15, 0.2) is 18.2 Å². The first-order valence-corrected chi connectivity index (χ1v) is 7.33. The van der Waals surface area contributed by atoms with Crippen molar-refractivity contribution in [2.24, 2.45) is 5.92 Å². The van der Waals surface area contributed by atoms with Gasteiger partial charge in [-0.2, -0.15) is 0 Å². The van der Waals surface area contributed by atoms with Gasteiger partial charge in [0, 0.05) is 22.3 Å². The average Bonchev–Trinajstić information content (AvgIpc) is 2.75. The van der Waals surface area contributed by atoms with Crippen molar-refractivity contribution in [2.75, 3.05) is 6.61 Å². The lowest BCUT2D eigenvalue weighted by atomic mass is 10.1. The first-order chi connectivity index (χ1) is 9.50. The van der Waals surface area contributed by atoms with Gasteiger partial charge in [0.1, 0.15) is 10.7 Å². The molecular formula is C15H17FO3S. The van der Waals surface area contributed by atoms with Crippen LogP contribution in [0.4, 0.5) is 4.39 Å². The molecule has 0 saturated carbocycles. The van der Waals surface area contributed by atoms with Crippen LogP contribution >= 0.6 is 11.3 Å². The fourth-order valence-electron chi connectivity index (χ4n) is 1.97. The number of halogens is 1. The smallest absolute Gasteiger partial charge is 0.346 e. The molecule has 0 bridgehead atoms. The minimum absolute atomic E-state index is 0.134. The first kappa shape index (κ1) is 14.9. The Labute approximate surface area is 121 Å². The molecule has 0 aliphatic heterocycles. The Morgan fingerprint density at radius 1 is 1.45 bits per heavy atom. The van der Waals surface area contributed by atoms with Crippen molar-refractivity contribution in [3.63, 3.8) is 0 Å². The minimum atomic E-state index is -1.03. The number of rotatable bonds is 6. The maximum Gasteiger partial charge on any atom is 0.346 e. The number of hydrogen-bond acceptors (Lipinski definition) is 3. The second-order valence-corrected chi connectivity index (χ2v) is 6.12. The van der Waals surface area contributed by atoms with Gasteiger partial charge in [0.15, 0.2) is 0 Å². The second-order valence-electron chi connectivity index (χ2n) is 5.06. The van der Waals surface area contributed by atoms with Crippen molar-refractivity contribution in [3.05, 3.63) is 34.5 Å². The largest absolute Gasteiger partial charge is 0.477 e. The summed E-state index contributed by atoms with van der Waals surface area (Å²) in [4.78, 5) is 11.4. The maximum absolute atomic E-state index is 13.9. The van der Waals surface area contributed by atoms with Gasteiger partial charge in [-0.25, -0.2) is 9.18 Å². The Balaban J connectivity index is 2.29. The lowest BCUT2D eigenvalue weighted by Crippen LogP contribution is -2.03. The SMILES string of the molecule is CC(C)CCOCc1c(C(=O)O)sc2cccc(F)c12. The number of ether oxygens (including phenoxy) is 1. The zero-order valence-corrected chi connectivity index (χ0v) is 12.3. The monoisotopic (exact) mass is 296 g/mol. The van der Waals surface area contributed by atoms with Crippen molar-refractivity contribution >= 4 is 27.4 Å². The highest BCUT2D eigenvalue weighted by Crippen LogP contribution is 2.33. The molecule has 1 N–H and O–H groups in total. The van der Waals surface area contributed by atoms with Crippen molar-refractivity contribution < 1.29 is 19.0 Å². The topological polar surface area (TPSA) is 46.5 Å². The van der Waals surface area contributed by atoms with Gasteiger partial charge in [-0.3, -0.25) is 0 Å². The van der Waals surface area contributed by atoms with Gasteiger partial charge >= 0.3 is 5.97 Å². The predicted octanol–water partition coefficient (Wildman–Crippen LogP) is 4.30. The molecule has 5 heteroatoms. The number of carbonyl (C=O) groups is 1. The molecule has 0 unspecified atom stereocenters. The summed E-state index contributed by atoms with van der Waals surface area (Å²) in [6, 6.07) is 4.66. The van der Waals surface area contributed by atoms with E-state index in [0.29, 0.717) is 28.2 Å². The molecule has 0 aliphatic rings. The number of fused-ring (bicyclic) bond motifs is 1. The van der Waals surface area contributed by atoms with Gasteiger partial charge in [0.25, 0.3) is 0 Å². The summed E-state index contributed by atoms with van der Waals surface area (Å²) in [5, 5.41) is 9.61. The lowest BCUT2D eigenvalue weighted by Gasteiger charge is -2.07. The number of hydrogen-bond donors (Lipinski definition) is 1. The molecule has 0 radical (unpaired) electrons. The second kappa shape index (κ2) is 6.33. The Hall–Kier alpha value is -1.46. The Morgan fingerprint density at radius 2 is 2.20 bits per heavy atom. The molecule has 108 valence electrons. The number of thiophene rings is 1. The molecule has 1 aromatic carbocycles. The van der Waals surface area contributed by atoms with Crippen molar-refractivity contribution in [1.82, 2.24) is 0 Å². The first-order valence-electron chi connectivity index (χ1n) is 6.51. The maximum atomic E-state index is 13.9. The van der Waals surface area contributed by atoms with Crippen LogP contribution in [0.1, 0.15) is 35.5 Å². The number of aromatic carboxylic acids is 1. The van der Waals surface area contributed by atoms with E-state index in [4.69, 9.17) is 4.74 Å². The van der Waals surface area contributed by atoms with Gasteiger partial charge < -0.3 is 9.84 Å². The van der Waals surface area contributed by atoms with E-state index in [0.717, 1.165) is 17.8 Å². The van der Waals surface area contributed by atoms with E-state index in [-0.39, 0.29) is 11.5 Å². The minimum Gasteiger partial charge on any atom is -0.477 e. The predicted molar refractivity (Wildman–Crippen MR) is 77.9 cm³/mol. The highest BCUT2D eigenvalue weighted by Gasteiger charge is 2.20. The summed E-state index contributed by atoms with van der Waals surface area (Å²) in [7, 11) is 0. The van der Waals surface area contributed by atoms with E-state index in [9.17, 15) is 14.3 Å². The van der Waals surface area contributed by atoms with E-state index < -0.39 is 11.8 Å². The van der Waals surface area contributed by atoms with Crippen LogP contribution < -0.4 is 0 Å². The Kier molecular flexibility index (Phi) is 4.73. The van der Waals surface area contributed by atoms with E-state index in [2.05, 4.69) is 13.8 Å². The fourth-order valence-corrected chi connectivity index (χ4v) is 3.03. The van der Waals surface area contributed by atoms with Crippen LogP contribution in [-0.4, -0.2) is 17.7 Å². The summed E-state index contributed by atoms with van der Waals surface area (Å²) >= 11 is 1.09. The summed E-state index contributed by atoms with van der Waals surface area (Å²) in [5.41, 5.74) is 0.444. The summed E-state index contributed by atoms with van der Waals surface area (Å²) < 4.78 is 20.1. The Bertz CT molecular complexity index is 619. The third-order valence-corrected chi connectivity index (χ3v) is 4.23. The van der Waals surface area contributed by atoms with Crippen LogP contribution in [0.2, 0.25) is 0 Å². The average molecular weight is 296 g/mol. The zero-order valence-electron chi connectivity index (χ0n) is 11.5. The molecular weight excluding hydrogens is 279 g/mol. The standard InChI is InChI=1S/C15H17FO3S/c1-9(2)6-7-19-8-10-13-11(16)4-3-5-12(13)20-14(10)15(17)18/h3-5,9H,6-8H2,1-2H3,(H,17,18). The van der Waals surface area contributed by atoms with Gasteiger partial charge in [0.2, 0.25) is 0 Å². The molecule has 0 spiro atoms. The lowest BCUT2D eigenvalue weighted by molar-refractivity contribution is 0.0692. The van der Waals surface area contributed by atoms with Crippen molar-refractivity contribution in [2.45, 2.75) is 26.9 Å². The van der Waals surface area contributed by atoms with Gasteiger partial charge in [-0.15, -0.1) is 11.3 Å². The normalized spacial score (nSPS) is 11.4. The molecule has 0 saturated heterocycles. The quantitative estimate of drug-likeness (QED) is 0.808. The van der Waals surface area contributed by atoms with Gasteiger partial charge in [-0.1, -0.05) is 19.9 Å². The number of carboxylic acid groups (broad SMARTS) is 1. The van der Waals surface area contributed by atoms with Crippen LogP contribution in [0.3, 0.4) is 0 Å². The van der Waals surface area contributed by atoms with Gasteiger partial charge in [-0.05, 0) is 24.5 Å². The molecule has 0 aliphatic carbocycles. The van der Waals surface area contributed by atoms with Crippen LogP contribution in [0.25, 0.3) is 10.1 Å². The fraction of sp³-hybridized carbons (Fsp3) is 0.400. The Morgan fingerprint density at radius 3 is 2.85 bits per heavy atom. The number of carboxylic acids is 1. The van der Waals surface area contributed by atoms with E-state index in [1.165, 1.54) is 6.07 Å². The van der Waals surface area contributed by atoms with Crippen molar-refractivity contribution in [1.29, 1.82) is 0 Å². The highest BCUT2D eigenvalue weighted by atomic mass is 32.1. The van der Waals surface area contributed by atoms with Crippen LogP contribution in [0, 0.1) is 11.7 Å². The molecule has 0 atom stereocenters. The van der Waals surface area contributed by atoms with Crippen LogP contribution in [0.5, 0.6) is 0 Å². The molecule has 0 fully saturated rings. The van der Waals surface area contributed by atoms with E-state index >= 15 is 0 Å². The van der Waals surface area contributed by atoms with Crippen molar-refractivity contribution in [3.8, 4) is 0 Å².